The van der Waals surface area contributed by atoms with Crippen LogP contribution in [0.15, 0.2) is 53.4 Å². The maximum Gasteiger partial charge on any atom is 0.339 e. The number of hydrogen-bond donors (Lipinski definition) is 0. The summed E-state index contributed by atoms with van der Waals surface area (Å²) in [7, 11) is 0. The van der Waals surface area contributed by atoms with Crippen LogP contribution in [0.3, 0.4) is 0 Å². The van der Waals surface area contributed by atoms with Crippen LogP contribution in [0, 0.1) is 0 Å². The molecule has 150 valence electrons. The number of carbonyl (C=O) groups is 4. The highest BCUT2D eigenvalue weighted by Gasteiger charge is 2.22. The Morgan fingerprint density at radius 2 is 1.79 bits per heavy atom. The molecule has 0 radical (unpaired) electrons. The molecule has 2 aromatic carbocycles. The van der Waals surface area contributed by atoms with E-state index in [0.29, 0.717) is 29.0 Å². The van der Waals surface area contributed by atoms with E-state index in [1.165, 1.54) is 18.7 Å². The lowest BCUT2D eigenvalue weighted by molar-refractivity contribution is -0.117. The van der Waals surface area contributed by atoms with E-state index in [4.69, 9.17) is 4.74 Å². The number of hydrogen-bond acceptors (Lipinski definition) is 6. The highest BCUT2D eigenvalue weighted by molar-refractivity contribution is 8.00. The lowest BCUT2D eigenvalue weighted by Gasteiger charge is -2.15. The Hall–Kier alpha value is -2.93. The lowest BCUT2D eigenvalue weighted by atomic mass is 10.1. The largest absolute Gasteiger partial charge is 0.454 e. The van der Waals surface area contributed by atoms with Crippen molar-refractivity contribution in [1.82, 2.24) is 0 Å². The number of carbonyl (C=O) groups excluding carboxylic acids is 4. The summed E-state index contributed by atoms with van der Waals surface area (Å²) < 4.78 is 5.19. The normalized spacial score (nSPS) is 13.4. The van der Waals surface area contributed by atoms with Gasteiger partial charge in [0, 0.05) is 29.1 Å². The number of Topliss-reactive ketones (excluding diaryl/α,β-unsaturated/α-hetero) is 2. The molecule has 1 saturated heterocycles. The molecule has 0 spiro atoms. The molecule has 3 rings (SSSR count). The highest BCUT2D eigenvalue weighted by Crippen LogP contribution is 2.24. The molecule has 0 bridgehead atoms. The van der Waals surface area contributed by atoms with E-state index in [1.807, 2.05) is 0 Å². The predicted molar refractivity (Wildman–Crippen MR) is 110 cm³/mol. The molecule has 7 heteroatoms. The third-order valence-corrected chi connectivity index (χ3v) is 5.66. The van der Waals surface area contributed by atoms with Crippen LogP contribution >= 0.6 is 11.8 Å². The lowest BCUT2D eigenvalue weighted by Crippen LogP contribution is -2.23. The van der Waals surface area contributed by atoms with Crippen molar-refractivity contribution in [1.29, 1.82) is 0 Å². The first-order valence-corrected chi connectivity index (χ1v) is 10.3. The number of anilines is 1. The van der Waals surface area contributed by atoms with Crippen LogP contribution < -0.4 is 4.90 Å². The maximum absolute atomic E-state index is 12.4. The number of nitrogens with zero attached hydrogens (tertiary/aromatic N) is 1. The molecule has 2 aromatic rings. The monoisotopic (exact) mass is 411 g/mol. The van der Waals surface area contributed by atoms with Crippen LogP contribution in [0.5, 0.6) is 0 Å². The molecule has 0 aliphatic carbocycles. The Labute approximate surface area is 173 Å². The summed E-state index contributed by atoms with van der Waals surface area (Å²) in [6.45, 7) is 1.79. The first-order chi connectivity index (χ1) is 14.0. The van der Waals surface area contributed by atoms with E-state index in [9.17, 15) is 19.2 Å². The van der Waals surface area contributed by atoms with Crippen LogP contribution in [0.2, 0.25) is 0 Å². The molecule has 1 heterocycles. The first-order valence-electron chi connectivity index (χ1n) is 9.27. The molecule has 0 unspecified atom stereocenters. The minimum atomic E-state index is -0.607. The van der Waals surface area contributed by atoms with Gasteiger partial charge in [-0.1, -0.05) is 12.1 Å². The molecule has 0 saturated carbocycles. The van der Waals surface area contributed by atoms with Crippen molar-refractivity contribution < 1.29 is 23.9 Å². The fraction of sp³-hybridized carbons (Fsp3) is 0.273. The molecular weight excluding hydrogens is 390 g/mol. The van der Waals surface area contributed by atoms with Gasteiger partial charge in [-0.2, -0.15) is 0 Å². The third-order valence-electron chi connectivity index (χ3n) is 4.45. The highest BCUT2D eigenvalue weighted by atomic mass is 32.2. The molecule has 6 nitrogen and oxygen atoms in total. The molecule has 29 heavy (non-hydrogen) atoms. The summed E-state index contributed by atoms with van der Waals surface area (Å²) in [4.78, 5) is 50.1. The predicted octanol–water partition coefficient (Wildman–Crippen LogP) is 3.53. The number of esters is 1. The Bertz CT molecular complexity index is 938. The molecule has 1 aliphatic rings. The molecule has 0 aromatic heterocycles. The number of thioether (sulfide) groups is 1. The van der Waals surface area contributed by atoms with Gasteiger partial charge in [0.2, 0.25) is 5.91 Å². The zero-order chi connectivity index (χ0) is 20.8. The van der Waals surface area contributed by atoms with Gasteiger partial charge in [0.05, 0.1) is 11.3 Å². The van der Waals surface area contributed by atoms with Crippen molar-refractivity contribution in [3.8, 4) is 0 Å². The van der Waals surface area contributed by atoms with Gasteiger partial charge in [-0.05, 0) is 49.7 Å². The summed E-state index contributed by atoms with van der Waals surface area (Å²) in [6.07, 6.45) is 1.38. The van der Waals surface area contributed by atoms with E-state index in [-0.39, 0.29) is 29.8 Å². The smallest absolute Gasteiger partial charge is 0.339 e. The van der Waals surface area contributed by atoms with Crippen LogP contribution in [-0.2, 0) is 14.3 Å². The minimum absolute atomic E-state index is 0.00688. The average molecular weight is 411 g/mol. The van der Waals surface area contributed by atoms with Crippen molar-refractivity contribution >= 4 is 40.9 Å². The van der Waals surface area contributed by atoms with E-state index in [0.717, 1.165) is 12.1 Å². The van der Waals surface area contributed by atoms with Gasteiger partial charge in [0.1, 0.15) is 5.78 Å². The summed E-state index contributed by atoms with van der Waals surface area (Å²) in [6, 6.07) is 13.5. The molecule has 1 fully saturated rings. The van der Waals surface area contributed by atoms with E-state index >= 15 is 0 Å². The molecule has 1 amide bonds. The summed E-state index contributed by atoms with van der Waals surface area (Å²) in [5.41, 5.74) is 1.50. The number of rotatable bonds is 8. The Morgan fingerprint density at radius 3 is 2.45 bits per heavy atom. The van der Waals surface area contributed by atoms with Gasteiger partial charge >= 0.3 is 5.97 Å². The molecule has 0 N–H and O–H groups in total. The molecule has 0 atom stereocenters. The standard InChI is InChI=1S/C22H21NO5S/c1-15(24)14-29-20-6-3-2-5-18(20)22(27)28-13-19(25)16-8-10-17(11-9-16)23-12-4-7-21(23)26/h2-3,5-6,8-11H,4,7,12-14H2,1H3. The molecular formula is C22H21NO5S. The summed E-state index contributed by atoms with van der Waals surface area (Å²) in [5.74, 6) is -0.586. The fourth-order valence-corrected chi connectivity index (χ4v) is 3.82. The van der Waals surface area contributed by atoms with Crippen molar-refractivity contribution in [3.05, 3.63) is 59.7 Å². The van der Waals surface area contributed by atoms with Crippen molar-refractivity contribution in [2.45, 2.75) is 24.7 Å². The van der Waals surface area contributed by atoms with Crippen molar-refractivity contribution in [2.24, 2.45) is 0 Å². The topological polar surface area (TPSA) is 80.8 Å². The summed E-state index contributed by atoms with van der Waals surface area (Å²) >= 11 is 1.26. The fourth-order valence-electron chi connectivity index (χ4n) is 2.98. The van der Waals surface area contributed by atoms with Crippen LogP contribution in [0.1, 0.15) is 40.5 Å². The Morgan fingerprint density at radius 1 is 1.07 bits per heavy atom. The van der Waals surface area contributed by atoms with Crippen LogP contribution in [-0.4, -0.2) is 42.3 Å². The SMILES string of the molecule is CC(=O)CSc1ccccc1C(=O)OCC(=O)c1ccc(N2CCCC2=O)cc1. The zero-order valence-corrected chi connectivity index (χ0v) is 16.9. The van der Waals surface area contributed by atoms with Gasteiger partial charge in [-0.25, -0.2) is 4.79 Å². The van der Waals surface area contributed by atoms with Crippen LogP contribution in [0.4, 0.5) is 5.69 Å². The second kappa shape index (κ2) is 9.52. The number of ketones is 2. The van der Waals surface area contributed by atoms with E-state index in [2.05, 4.69) is 0 Å². The van der Waals surface area contributed by atoms with E-state index < -0.39 is 5.97 Å². The van der Waals surface area contributed by atoms with Gasteiger partial charge in [0.15, 0.2) is 12.4 Å². The van der Waals surface area contributed by atoms with Gasteiger partial charge in [0.25, 0.3) is 0 Å². The van der Waals surface area contributed by atoms with E-state index in [1.54, 1.807) is 53.4 Å². The van der Waals surface area contributed by atoms with Gasteiger partial charge < -0.3 is 9.64 Å². The maximum atomic E-state index is 12.4. The summed E-state index contributed by atoms with van der Waals surface area (Å²) in [5, 5.41) is 0. The third kappa shape index (κ3) is 5.32. The van der Waals surface area contributed by atoms with Gasteiger partial charge in [-0.15, -0.1) is 11.8 Å². The first kappa shape index (κ1) is 20.8. The van der Waals surface area contributed by atoms with Crippen molar-refractivity contribution in [3.63, 3.8) is 0 Å². The second-order valence-corrected chi connectivity index (χ2v) is 7.70. The quantitative estimate of drug-likeness (QED) is 0.376. The number of benzene rings is 2. The molecule has 1 aliphatic heterocycles. The minimum Gasteiger partial charge on any atom is -0.454 e. The van der Waals surface area contributed by atoms with Gasteiger partial charge in [-0.3, -0.25) is 14.4 Å². The average Bonchev–Trinajstić information content (AvgIpc) is 3.16. The number of amides is 1. The van der Waals surface area contributed by atoms with Crippen LogP contribution in [0.25, 0.3) is 0 Å². The second-order valence-electron chi connectivity index (χ2n) is 6.68. The number of ether oxygens (including phenoxy) is 1. The Kier molecular flexibility index (Phi) is 6.82. The zero-order valence-electron chi connectivity index (χ0n) is 16.1. The van der Waals surface area contributed by atoms with Crippen molar-refractivity contribution in [2.75, 3.05) is 23.8 Å². The Balaban J connectivity index is 1.60.